The second-order valence-corrected chi connectivity index (χ2v) is 4.45. The summed E-state index contributed by atoms with van der Waals surface area (Å²) in [6.07, 6.45) is 0.613. The highest BCUT2D eigenvalue weighted by molar-refractivity contribution is 9.10. The molecule has 0 bridgehead atoms. The maximum absolute atomic E-state index is 11.7. The third-order valence-corrected chi connectivity index (χ3v) is 2.93. The number of rotatable bonds is 2. The van der Waals surface area contributed by atoms with E-state index < -0.39 is 11.7 Å². The van der Waals surface area contributed by atoms with Gasteiger partial charge in [-0.15, -0.1) is 0 Å². The van der Waals surface area contributed by atoms with Gasteiger partial charge in [0.1, 0.15) is 6.29 Å². The molecule has 1 aliphatic heterocycles. The number of aldehydes is 1. The number of anilines is 1. The summed E-state index contributed by atoms with van der Waals surface area (Å²) >= 11 is 3.27. The SMILES string of the molecule is Cc1cc(Br)cc2c1N(CC=O)C(=O)C2=O. The standard InChI is InChI=1S/C11H8BrNO3/c1-6-4-7(12)5-8-9(6)13(2-3-14)11(16)10(8)15/h3-5H,2H2,1H3. The Morgan fingerprint density at radius 2 is 2.06 bits per heavy atom. The molecule has 0 aromatic heterocycles. The van der Waals surface area contributed by atoms with Crippen molar-refractivity contribution in [3.63, 3.8) is 0 Å². The van der Waals surface area contributed by atoms with Crippen LogP contribution < -0.4 is 4.90 Å². The van der Waals surface area contributed by atoms with Gasteiger partial charge < -0.3 is 4.79 Å². The van der Waals surface area contributed by atoms with E-state index in [4.69, 9.17) is 0 Å². The van der Waals surface area contributed by atoms with E-state index in [1.807, 2.05) is 6.07 Å². The summed E-state index contributed by atoms with van der Waals surface area (Å²) in [5, 5.41) is 0. The molecule has 4 nitrogen and oxygen atoms in total. The molecule has 0 aliphatic carbocycles. The molecule has 0 unspecified atom stereocenters. The predicted octanol–water partition coefficient (Wildman–Crippen LogP) is 1.49. The third kappa shape index (κ3) is 1.48. The Morgan fingerprint density at radius 1 is 1.38 bits per heavy atom. The third-order valence-electron chi connectivity index (χ3n) is 2.48. The van der Waals surface area contributed by atoms with Gasteiger partial charge in [0.15, 0.2) is 0 Å². The summed E-state index contributed by atoms with van der Waals surface area (Å²) < 4.78 is 0.748. The minimum absolute atomic E-state index is 0.0833. The van der Waals surface area contributed by atoms with Gasteiger partial charge in [0, 0.05) is 4.47 Å². The summed E-state index contributed by atoms with van der Waals surface area (Å²) in [4.78, 5) is 35.0. The highest BCUT2D eigenvalue weighted by Gasteiger charge is 2.36. The van der Waals surface area contributed by atoms with E-state index in [2.05, 4.69) is 15.9 Å². The Bertz CT molecular complexity index is 510. The summed E-state index contributed by atoms with van der Waals surface area (Å²) in [7, 11) is 0. The fourth-order valence-electron chi connectivity index (χ4n) is 1.85. The molecule has 0 atom stereocenters. The van der Waals surface area contributed by atoms with Crippen LogP contribution in [0.5, 0.6) is 0 Å². The van der Waals surface area contributed by atoms with E-state index in [1.165, 1.54) is 4.90 Å². The lowest BCUT2D eigenvalue weighted by atomic mass is 10.1. The number of ketones is 1. The zero-order chi connectivity index (χ0) is 11.9. The number of aryl methyl sites for hydroxylation is 1. The first-order valence-corrected chi connectivity index (χ1v) is 5.45. The Kier molecular flexibility index (Phi) is 2.63. The molecule has 0 spiro atoms. The van der Waals surface area contributed by atoms with Crippen LogP contribution >= 0.6 is 15.9 Å². The quantitative estimate of drug-likeness (QED) is 0.610. The number of carbonyl (C=O) groups excluding carboxylic acids is 3. The van der Waals surface area contributed by atoms with E-state index in [0.717, 1.165) is 10.0 Å². The first-order valence-electron chi connectivity index (χ1n) is 4.66. The smallest absolute Gasteiger partial charge is 0.299 e. The van der Waals surface area contributed by atoms with Crippen molar-refractivity contribution < 1.29 is 14.4 Å². The molecule has 1 heterocycles. The second-order valence-electron chi connectivity index (χ2n) is 3.53. The van der Waals surface area contributed by atoms with E-state index in [1.54, 1.807) is 13.0 Å². The van der Waals surface area contributed by atoms with Crippen molar-refractivity contribution in [2.45, 2.75) is 6.92 Å². The van der Waals surface area contributed by atoms with Gasteiger partial charge in [0.05, 0.1) is 17.8 Å². The fourth-order valence-corrected chi connectivity index (χ4v) is 2.43. The number of carbonyl (C=O) groups is 3. The van der Waals surface area contributed by atoms with Crippen LogP contribution in [0.1, 0.15) is 15.9 Å². The maximum atomic E-state index is 11.7. The van der Waals surface area contributed by atoms with Gasteiger partial charge in [-0.1, -0.05) is 15.9 Å². The Balaban J connectivity index is 2.65. The molecule has 1 aromatic rings. The summed E-state index contributed by atoms with van der Waals surface area (Å²) in [6, 6.07) is 3.41. The van der Waals surface area contributed by atoms with Crippen LogP contribution in [-0.2, 0) is 9.59 Å². The molecule has 0 fully saturated rings. The number of amides is 1. The van der Waals surface area contributed by atoms with E-state index in [9.17, 15) is 14.4 Å². The van der Waals surface area contributed by atoms with Crippen molar-refractivity contribution in [3.8, 4) is 0 Å². The fraction of sp³-hybridized carbons (Fsp3) is 0.182. The van der Waals surface area contributed by atoms with Crippen molar-refractivity contribution in [2.75, 3.05) is 11.4 Å². The average Bonchev–Trinajstić information content (AvgIpc) is 2.44. The molecule has 16 heavy (non-hydrogen) atoms. The molecule has 2 rings (SSSR count). The lowest BCUT2D eigenvalue weighted by Gasteiger charge is -2.15. The first kappa shape index (κ1) is 11.0. The summed E-state index contributed by atoms with van der Waals surface area (Å²) in [5.41, 5.74) is 1.70. The van der Waals surface area contributed by atoms with E-state index >= 15 is 0 Å². The van der Waals surface area contributed by atoms with Crippen LogP contribution in [0.25, 0.3) is 0 Å². The molecule has 1 amide bonds. The largest absolute Gasteiger partial charge is 0.301 e. The van der Waals surface area contributed by atoms with Crippen molar-refractivity contribution >= 4 is 39.6 Å². The molecule has 0 N–H and O–H groups in total. The van der Waals surface area contributed by atoms with Crippen LogP contribution in [0, 0.1) is 6.92 Å². The molecule has 1 aliphatic rings. The first-order chi connectivity index (χ1) is 7.56. The number of hydrogen-bond donors (Lipinski definition) is 0. The summed E-state index contributed by atoms with van der Waals surface area (Å²) in [5.74, 6) is -1.19. The molecule has 0 saturated carbocycles. The van der Waals surface area contributed by atoms with Crippen LogP contribution in [0.2, 0.25) is 0 Å². The van der Waals surface area contributed by atoms with Gasteiger partial charge in [-0.3, -0.25) is 14.5 Å². The molecular weight excluding hydrogens is 274 g/mol. The van der Waals surface area contributed by atoms with Gasteiger partial charge in [-0.2, -0.15) is 0 Å². The topological polar surface area (TPSA) is 54.5 Å². The van der Waals surface area contributed by atoms with Gasteiger partial charge >= 0.3 is 0 Å². The van der Waals surface area contributed by atoms with Crippen LogP contribution in [0.4, 0.5) is 5.69 Å². The zero-order valence-electron chi connectivity index (χ0n) is 8.49. The average molecular weight is 282 g/mol. The Labute approximate surface area is 100 Å². The van der Waals surface area contributed by atoms with Gasteiger partial charge in [-0.25, -0.2) is 0 Å². The molecule has 1 aromatic carbocycles. The number of fused-ring (bicyclic) bond motifs is 1. The Morgan fingerprint density at radius 3 is 2.69 bits per heavy atom. The lowest BCUT2D eigenvalue weighted by Crippen LogP contribution is -2.31. The highest BCUT2D eigenvalue weighted by atomic mass is 79.9. The number of benzene rings is 1. The highest BCUT2D eigenvalue weighted by Crippen LogP contribution is 2.34. The van der Waals surface area contributed by atoms with E-state index in [-0.39, 0.29) is 6.54 Å². The van der Waals surface area contributed by atoms with Crippen molar-refractivity contribution in [3.05, 3.63) is 27.7 Å². The predicted molar refractivity (Wildman–Crippen MR) is 61.6 cm³/mol. The Hall–Kier alpha value is -1.49. The lowest BCUT2D eigenvalue weighted by molar-refractivity contribution is -0.115. The van der Waals surface area contributed by atoms with Crippen molar-refractivity contribution in [1.82, 2.24) is 0 Å². The van der Waals surface area contributed by atoms with Crippen LogP contribution in [0.15, 0.2) is 16.6 Å². The van der Waals surface area contributed by atoms with E-state index in [0.29, 0.717) is 17.5 Å². The minimum Gasteiger partial charge on any atom is -0.301 e. The molecule has 5 heteroatoms. The molecule has 0 saturated heterocycles. The van der Waals surface area contributed by atoms with Crippen LogP contribution in [0.3, 0.4) is 0 Å². The van der Waals surface area contributed by atoms with Crippen molar-refractivity contribution in [1.29, 1.82) is 0 Å². The van der Waals surface area contributed by atoms with Gasteiger partial charge in [0.2, 0.25) is 0 Å². The molecular formula is C11H8BrNO3. The molecule has 0 radical (unpaired) electrons. The monoisotopic (exact) mass is 281 g/mol. The number of hydrogen-bond acceptors (Lipinski definition) is 3. The second kappa shape index (κ2) is 3.83. The zero-order valence-corrected chi connectivity index (χ0v) is 10.1. The number of Topliss-reactive ketones (excluding diaryl/α,β-unsaturated/α-hetero) is 1. The van der Waals surface area contributed by atoms with Gasteiger partial charge in [0.25, 0.3) is 11.7 Å². The molecule has 82 valence electrons. The number of halogens is 1. The van der Waals surface area contributed by atoms with Crippen molar-refractivity contribution in [2.24, 2.45) is 0 Å². The van der Waals surface area contributed by atoms with Gasteiger partial charge in [-0.05, 0) is 24.6 Å². The normalized spacial score (nSPS) is 14.2. The minimum atomic E-state index is -0.636. The maximum Gasteiger partial charge on any atom is 0.299 e. The number of nitrogens with zero attached hydrogens (tertiary/aromatic N) is 1. The van der Waals surface area contributed by atoms with Crippen LogP contribution in [-0.4, -0.2) is 24.5 Å². The summed E-state index contributed by atoms with van der Waals surface area (Å²) in [6.45, 7) is 1.72.